The van der Waals surface area contributed by atoms with Crippen LogP contribution in [0.25, 0.3) is 0 Å². The molecule has 0 radical (unpaired) electrons. The predicted molar refractivity (Wildman–Crippen MR) is 125 cm³/mol. The highest BCUT2D eigenvalue weighted by Gasteiger charge is 2.55. The maximum Gasteiger partial charge on any atom is 0.336 e. The van der Waals surface area contributed by atoms with Gasteiger partial charge in [-0.1, -0.05) is 38.5 Å². The number of carbonyl (C=O) groups is 1. The Balaban J connectivity index is 1.50. The molecule has 10 atom stereocenters. The lowest BCUT2D eigenvalue weighted by molar-refractivity contribution is -0.309. The number of ether oxygens (including phenoxy) is 3. The second-order valence-electron chi connectivity index (χ2n) is 11.3. The zero-order chi connectivity index (χ0) is 25.5. The summed E-state index contributed by atoms with van der Waals surface area (Å²) in [4.78, 5) is 12.0. The number of rotatable bonds is 6. The Labute approximate surface area is 206 Å². The van der Waals surface area contributed by atoms with Gasteiger partial charge in [-0.05, 0) is 54.8 Å². The summed E-state index contributed by atoms with van der Waals surface area (Å²) in [5.74, 6) is -0.0359. The van der Waals surface area contributed by atoms with E-state index in [2.05, 4.69) is 20.4 Å². The molecule has 0 aromatic rings. The Morgan fingerprint density at radius 1 is 1.14 bits per heavy atom. The number of fused-ring (bicyclic) bond motifs is 1. The van der Waals surface area contributed by atoms with Crippen LogP contribution in [0.1, 0.15) is 52.4 Å². The molecule has 2 saturated heterocycles. The number of hydrogen-bond acceptors (Lipinski definition) is 9. The van der Waals surface area contributed by atoms with Crippen molar-refractivity contribution in [3.63, 3.8) is 0 Å². The highest BCUT2D eigenvalue weighted by Crippen LogP contribution is 2.62. The van der Waals surface area contributed by atoms with Crippen LogP contribution >= 0.6 is 0 Å². The van der Waals surface area contributed by atoms with Gasteiger partial charge in [0, 0.05) is 0 Å². The molecule has 0 spiro atoms. The molecular weight excluding hydrogens is 456 g/mol. The van der Waals surface area contributed by atoms with Crippen molar-refractivity contribution in [3.8, 4) is 0 Å². The Hall–Kier alpha value is -1.33. The SMILES string of the molecule is C=C1CC[C@@H]2[C@](C)(CO[C@H]3O[C@@H](CO)[C@@H](O)[C@@H](O)[C@H]3O)CCC[C@@]2(C)[C@H]1C/C=C1/C(=O)OC[C@H]1O. The summed E-state index contributed by atoms with van der Waals surface area (Å²) in [6.45, 7) is 8.62. The van der Waals surface area contributed by atoms with E-state index in [1.165, 1.54) is 0 Å². The summed E-state index contributed by atoms with van der Waals surface area (Å²) in [7, 11) is 0. The van der Waals surface area contributed by atoms with E-state index in [9.17, 15) is 30.3 Å². The van der Waals surface area contributed by atoms with Gasteiger partial charge in [0.1, 0.15) is 37.1 Å². The molecule has 2 saturated carbocycles. The molecule has 0 aromatic carbocycles. The van der Waals surface area contributed by atoms with Gasteiger partial charge in [-0.15, -0.1) is 0 Å². The Morgan fingerprint density at radius 3 is 2.54 bits per heavy atom. The first-order valence-corrected chi connectivity index (χ1v) is 12.7. The standard InChI is InChI=1S/C26H40O9/c1-14-5-8-19-25(2,13-34-24-22(31)21(30)20(29)18(11-27)35-24)9-4-10-26(19,3)16(14)7-6-15-17(28)12-33-23(15)32/h6,16-22,24,27-31H,1,4-5,7-13H2,2-3H3/b15-6+/t16-,17+,18-,19+,20+,21+,22+,24-,25-,26-/m0/s1. The van der Waals surface area contributed by atoms with E-state index in [0.29, 0.717) is 18.6 Å². The summed E-state index contributed by atoms with van der Waals surface area (Å²) < 4.78 is 16.6. The molecule has 9 nitrogen and oxygen atoms in total. The van der Waals surface area contributed by atoms with Gasteiger partial charge in [0.15, 0.2) is 6.29 Å². The highest BCUT2D eigenvalue weighted by molar-refractivity contribution is 5.91. The quantitative estimate of drug-likeness (QED) is 0.205. The number of allylic oxidation sites excluding steroid dienone is 2. The molecule has 0 bridgehead atoms. The molecule has 2 aliphatic carbocycles. The summed E-state index contributed by atoms with van der Waals surface area (Å²) >= 11 is 0. The zero-order valence-electron chi connectivity index (χ0n) is 20.6. The minimum absolute atomic E-state index is 0.00351. The van der Waals surface area contributed by atoms with Crippen LogP contribution in [0.2, 0.25) is 0 Å². The van der Waals surface area contributed by atoms with E-state index in [1.807, 2.05) is 6.08 Å². The maximum absolute atomic E-state index is 12.0. The summed E-state index contributed by atoms with van der Waals surface area (Å²) in [6.07, 6.45) is -0.201. The first-order chi connectivity index (χ1) is 16.5. The summed E-state index contributed by atoms with van der Waals surface area (Å²) in [5, 5.41) is 50.1. The van der Waals surface area contributed by atoms with Crippen molar-refractivity contribution in [2.75, 3.05) is 19.8 Å². The van der Waals surface area contributed by atoms with E-state index < -0.39 is 49.4 Å². The van der Waals surface area contributed by atoms with Gasteiger partial charge >= 0.3 is 5.97 Å². The van der Waals surface area contributed by atoms with Crippen LogP contribution in [0, 0.1) is 22.7 Å². The third-order valence-corrected chi connectivity index (χ3v) is 9.11. The fourth-order valence-corrected chi connectivity index (χ4v) is 7.10. The van der Waals surface area contributed by atoms with E-state index in [-0.39, 0.29) is 29.3 Å². The molecule has 2 heterocycles. The van der Waals surface area contributed by atoms with Gasteiger partial charge in [0.05, 0.1) is 18.8 Å². The lowest BCUT2D eigenvalue weighted by atomic mass is 9.47. The average Bonchev–Trinajstić information content (AvgIpc) is 3.13. The van der Waals surface area contributed by atoms with E-state index in [0.717, 1.165) is 37.7 Å². The topological polar surface area (TPSA) is 146 Å². The van der Waals surface area contributed by atoms with Gasteiger partial charge in [0.25, 0.3) is 0 Å². The average molecular weight is 497 g/mol. The van der Waals surface area contributed by atoms with Crippen LogP contribution in [-0.2, 0) is 19.0 Å². The zero-order valence-corrected chi connectivity index (χ0v) is 20.6. The molecule has 5 N–H and O–H groups in total. The van der Waals surface area contributed by atoms with Crippen LogP contribution < -0.4 is 0 Å². The van der Waals surface area contributed by atoms with Crippen molar-refractivity contribution in [3.05, 3.63) is 23.8 Å². The number of aliphatic hydroxyl groups is 5. The first kappa shape index (κ1) is 26.7. The van der Waals surface area contributed by atoms with E-state index >= 15 is 0 Å². The number of carbonyl (C=O) groups excluding carboxylic acids is 1. The van der Waals surface area contributed by atoms with E-state index in [4.69, 9.17) is 14.2 Å². The molecule has 2 aliphatic heterocycles. The first-order valence-electron chi connectivity index (χ1n) is 12.7. The molecule has 4 fully saturated rings. The molecule has 0 unspecified atom stereocenters. The minimum Gasteiger partial charge on any atom is -0.459 e. The van der Waals surface area contributed by atoms with Crippen molar-refractivity contribution in [2.24, 2.45) is 22.7 Å². The fourth-order valence-electron chi connectivity index (χ4n) is 7.10. The lowest BCUT2D eigenvalue weighted by Gasteiger charge is -2.59. The third-order valence-electron chi connectivity index (χ3n) is 9.11. The molecular formula is C26H40O9. The van der Waals surface area contributed by atoms with Crippen LogP contribution in [-0.4, -0.2) is 88.1 Å². The molecule has 0 amide bonds. The normalized spacial score (nSPS) is 47.6. The van der Waals surface area contributed by atoms with Crippen LogP contribution in [0.15, 0.2) is 23.8 Å². The predicted octanol–water partition coefficient (Wildman–Crippen LogP) is 0.816. The van der Waals surface area contributed by atoms with Crippen molar-refractivity contribution < 1.29 is 44.5 Å². The van der Waals surface area contributed by atoms with Gasteiger partial charge in [-0.2, -0.15) is 0 Å². The van der Waals surface area contributed by atoms with Gasteiger partial charge in [-0.3, -0.25) is 0 Å². The summed E-state index contributed by atoms with van der Waals surface area (Å²) in [5.41, 5.74) is 1.16. The van der Waals surface area contributed by atoms with Crippen LogP contribution in [0.3, 0.4) is 0 Å². The monoisotopic (exact) mass is 496 g/mol. The number of esters is 1. The van der Waals surface area contributed by atoms with Crippen molar-refractivity contribution in [2.45, 2.75) is 89.2 Å². The fraction of sp³-hybridized carbons (Fsp3) is 0.808. The molecule has 4 aliphatic rings. The van der Waals surface area contributed by atoms with Crippen LogP contribution in [0.4, 0.5) is 0 Å². The number of cyclic esters (lactones) is 1. The number of hydrogen-bond donors (Lipinski definition) is 5. The van der Waals surface area contributed by atoms with Crippen molar-refractivity contribution in [1.29, 1.82) is 0 Å². The second kappa shape index (κ2) is 10.2. The smallest absolute Gasteiger partial charge is 0.336 e. The maximum atomic E-state index is 12.0. The lowest BCUT2D eigenvalue weighted by Crippen LogP contribution is -2.60. The minimum atomic E-state index is -1.47. The Bertz CT molecular complexity index is 841. The van der Waals surface area contributed by atoms with Crippen molar-refractivity contribution in [1.82, 2.24) is 0 Å². The van der Waals surface area contributed by atoms with Gasteiger partial charge in [-0.25, -0.2) is 4.79 Å². The largest absolute Gasteiger partial charge is 0.459 e. The molecule has 35 heavy (non-hydrogen) atoms. The molecule has 198 valence electrons. The van der Waals surface area contributed by atoms with Crippen molar-refractivity contribution >= 4 is 5.97 Å². The molecule has 9 heteroatoms. The van der Waals surface area contributed by atoms with Gasteiger partial charge < -0.3 is 39.7 Å². The molecule has 0 aromatic heterocycles. The number of aliphatic hydroxyl groups excluding tert-OH is 5. The molecule has 4 rings (SSSR count). The second-order valence-corrected chi connectivity index (χ2v) is 11.3. The van der Waals surface area contributed by atoms with Gasteiger partial charge in [0.2, 0.25) is 0 Å². The Morgan fingerprint density at radius 2 is 1.89 bits per heavy atom. The Kier molecular flexibility index (Phi) is 7.79. The third kappa shape index (κ3) is 4.84. The highest BCUT2D eigenvalue weighted by atomic mass is 16.7. The van der Waals surface area contributed by atoms with E-state index in [1.54, 1.807) is 0 Å². The summed E-state index contributed by atoms with van der Waals surface area (Å²) in [6, 6.07) is 0. The van der Waals surface area contributed by atoms with Crippen LogP contribution in [0.5, 0.6) is 0 Å².